The molecule has 0 aromatic rings. The summed E-state index contributed by atoms with van der Waals surface area (Å²) in [4.78, 5) is 0. The fraction of sp³-hybridized carbons (Fsp3) is 0.938. The zero-order valence-electron chi connectivity index (χ0n) is 11.3. The Morgan fingerprint density at radius 1 is 1.06 bits per heavy atom. The molecule has 0 N–H and O–H groups in total. The summed E-state index contributed by atoms with van der Waals surface area (Å²) in [5.41, 5.74) is 0. The number of fused-ring (bicyclic) bond motifs is 1. The highest BCUT2D eigenvalue weighted by Crippen LogP contribution is 2.49. The van der Waals surface area contributed by atoms with Crippen LogP contribution in [-0.2, 0) is 0 Å². The van der Waals surface area contributed by atoms with Crippen molar-refractivity contribution in [3.63, 3.8) is 0 Å². The second kappa shape index (κ2) is 5.56. The molecule has 16 heavy (non-hydrogen) atoms. The van der Waals surface area contributed by atoms with Gasteiger partial charge in [-0.05, 0) is 48.9 Å². The van der Waals surface area contributed by atoms with Crippen molar-refractivity contribution >= 4 is 0 Å². The van der Waals surface area contributed by atoms with Crippen molar-refractivity contribution in [2.24, 2.45) is 29.6 Å². The van der Waals surface area contributed by atoms with Gasteiger partial charge in [-0.15, -0.1) is 0 Å². The summed E-state index contributed by atoms with van der Waals surface area (Å²) in [6, 6.07) is 0. The van der Waals surface area contributed by atoms with Crippen molar-refractivity contribution < 1.29 is 0 Å². The van der Waals surface area contributed by atoms with E-state index >= 15 is 0 Å². The number of rotatable bonds is 3. The third-order valence-corrected chi connectivity index (χ3v) is 5.50. The number of hydrogen-bond donors (Lipinski definition) is 0. The van der Waals surface area contributed by atoms with E-state index in [0.29, 0.717) is 0 Å². The van der Waals surface area contributed by atoms with Crippen LogP contribution in [0.25, 0.3) is 0 Å². The summed E-state index contributed by atoms with van der Waals surface area (Å²) in [6.45, 7) is 9.03. The lowest BCUT2D eigenvalue weighted by Crippen LogP contribution is -2.38. The van der Waals surface area contributed by atoms with E-state index in [9.17, 15) is 0 Å². The zero-order chi connectivity index (χ0) is 11.5. The molecule has 0 aliphatic heterocycles. The molecule has 0 nitrogen and oxygen atoms in total. The van der Waals surface area contributed by atoms with Crippen LogP contribution in [0.15, 0.2) is 0 Å². The van der Waals surface area contributed by atoms with Crippen molar-refractivity contribution in [2.75, 3.05) is 0 Å². The summed E-state index contributed by atoms with van der Waals surface area (Å²) in [5.74, 6) is 5.10. The van der Waals surface area contributed by atoms with Crippen LogP contribution >= 0.6 is 0 Å². The summed E-state index contributed by atoms with van der Waals surface area (Å²) < 4.78 is 0. The molecule has 0 saturated heterocycles. The topological polar surface area (TPSA) is 0 Å². The van der Waals surface area contributed by atoms with E-state index < -0.39 is 0 Å². The van der Waals surface area contributed by atoms with Crippen LogP contribution in [0.2, 0.25) is 0 Å². The van der Waals surface area contributed by atoms with Gasteiger partial charge in [-0.25, -0.2) is 0 Å². The van der Waals surface area contributed by atoms with Crippen LogP contribution in [-0.4, -0.2) is 0 Å². The Hall–Kier alpha value is 0. The lowest BCUT2D eigenvalue weighted by molar-refractivity contribution is 0.0295. The van der Waals surface area contributed by atoms with Crippen LogP contribution in [0.5, 0.6) is 0 Å². The molecule has 1 radical (unpaired) electrons. The minimum absolute atomic E-state index is 0.926. The van der Waals surface area contributed by atoms with E-state index in [2.05, 4.69) is 20.8 Å². The molecule has 2 aliphatic rings. The first-order chi connectivity index (χ1) is 7.74. The summed E-state index contributed by atoms with van der Waals surface area (Å²) >= 11 is 0. The molecule has 5 unspecified atom stereocenters. The molecule has 2 aliphatic carbocycles. The lowest BCUT2D eigenvalue weighted by atomic mass is 9.58. The largest absolute Gasteiger partial charge is 0.0622 e. The molecule has 2 saturated carbocycles. The SMILES string of the molecule is [CH2]CCC(C)C1CCC(C)C2CCCCC21. The highest BCUT2D eigenvalue weighted by molar-refractivity contribution is 4.90. The highest BCUT2D eigenvalue weighted by Gasteiger charge is 2.40. The second-order valence-corrected chi connectivity index (χ2v) is 6.45. The van der Waals surface area contributed by atoms with Gasteiger partial charge < -0.3 is 0 Å². The standard InChI is InChI=1S/C16H29/c1-4-7-12(2)15-11-10-13(3)14-8-5-6-9-16(14)15/h12-16H,1,4-11H2,2-3H3. The summed E-state index contributed by atoms with van der Waals surface area (Å²) in [6.07, 6.45) is 11.5. The average molecular weight is 221 g/mol. The second-order valence-electron chi connectivity index (χ2n) is 6.45. The van der Waals surface area contributed by atoms with E-state index in [0.717, 1.165) is 36.0 Å². The van der Waals surface area contributed by atoms with Crippen molar-refractivity contribution in [3.05, 3.63) is 6.92 Å². The average Bonchev–Trinajstić information content (AvgIpc) is 2.30. The van der Waals surface area contributed by atoms with E-state index in [-0.39, 0.29) is 0 Å². The molecule has 93 valence electrons. The molecule has 0 aromatic heterocycles. The molecule has 0 spiro atoms. The quantitative estimate of drug-likeness (QED) is 0.623. The van der Waals surface area contributed by atoms with Gasteiger partial charge in [0.25, 0.3) is 0 Å². The Morgan fingerprint density at radius 3 is 2.44 bits per heavy atom. The van der Waals surface area contributed by atoms with Crippen LogP contribution < -0.4 is 0 Å². The normalized spacial score (nSPS) is 41.4. The maximum Gasteiger partial charge on any atom is -0.0352 e. The van der Waals surface area contributed by atoms with Gasteiger partial charge in [0.15, 0.2) is 0 Å². The van der Waals surface area contributed by atoms with E-state index in [4.69, 9.17) is 0 Å². The first-order valence-electron chi connectivity index (χ1n) is 7.53. The minimum atomic E-state index is 0.926. The Morgan fingerprint density at radius 2 is 1.75 bits per heavy atom. The Bertz CT molecular complexity index is 208. The first kappa shape index (κ1) is 12.5. The minimum Gasteiger partial charge on any atom is -0.0622 e. The van der Waals surface area contributed by atoms with Gasteiger partial charge in [-0.1, -0.05) is 52.9 Å². The molecule has 2 rings (SSSR count). The highest BCUT2D eigenvalue weighted by atomic mass is 14.4. The van der Waals surface area contributed by atoms with Gasteiger partial charge in [0.2, 0.25) is 0 Å². The molecule has 0 aromatic carbocycles. The van der Waals surface area contributed by atoms with Crippen LogP contribution in [0, 0.1) is 36.5 Å². The van der Waals surface area contributed by atoms with Gasteiger partial charge >= 0.3 is 0 Å². The van der Waals surface area contributed by atoms with Crippen LogP contribution in [0.1, 0.15) is 65.2 Å². The molecule has 0 heteroatoms. The van der Waals surface area contributed by atoms with E-state index in [1.54, 1.807) is 0 Å². The zero-order valence-corrected chi connectivity index (χ0v) is 11.3. The van der Waals surface area contributed by atoms with Gasteiger partial charge in [-0.2, -0.15) is 0 Å². The van der Waals surface area contributed by atoms with Crippen molar-refractivity contribution in [2.45, 2.75) is 65.2 Å². The predicted octanol–water partition coefficient (Wildman–Crippen LogP) is 5.09. The third kappa shape index (κ3) is 2.46. The maximum atomic E-state index is 4.04. The maximum absolute atomic E-state index is 4.04. The fourth-order valence-electron chi connectivity index (χ4n) is 4.55. The van der Waals surface area contributed by atoms with Crippen LogP contribution in [0.3, 0.4) is 0 Å². The molecule has 5 atom stereocenters. The first-order valence-corrected chi connectivity index (χ1v) is 7.53. The molecular formula is C16H29. The molecule has 2 fully saturated rings. The van der Waals surface area contributed by atoms with Gasteiger partial charge in [0.05, 0.1) is 0 Å². The smallest absolute Gasteiger partial charge is 0.0352 e. The van der Waals surface area contributed by atoms with Crippen molar-refractivity contribution in [1.82, 2.24) is 0 Å². The lowest BCUT2D eigenvalue weighted by Gasteiger charge is -2.47. The Balaban J connectivity index is 2.02. The third-order valence-electron chi connectivity index (χ3n) is 5.50. The van der Waals surface area contributed by atoms with Crippen LogP contribution in [0.4, 0.5) is 0 Å². The van der Waals surface area contributed by atoms with Gasteiger partial charge in [0.1, 0.15) is 0 Å². The van der Waals surface area contributed by atoms with E-state index in [1.165, 1.54) is 44.9 Å². The van der Waals surface area contributed by atoms with Crippen molar-refractivity contribution in [1.29, 1.82) is 0 Å². The summed E-state index contributed by atoms with van der Waals surface area (Å²) in [7, 11) is 0. The van der Waals surface area contributed by atoms with Gasteiger partial charge in [-0.3, -0.25) is 0 Å². The van der Waals surface area contributed by atoms with Crippen molar-refractivity contribution in [3.8, 4) is 0 Å². The number of hydrogen-bond acceptors (Lipinski definition) is 0. The molecular weight excluding hydrogens is 192 g/mol. The Kier molecular flexibility index (Phi) is 4.33. The molecule has 0 amide bonds. The molecule has 0 bridgehead atoms. The predicted molar refractivity (Wildman–Crippen MR) is 71.1 cm³/mol. The summed E-state index contributed by atoms with van der Waals surface area (Å²) in [5, 5.41) is 0. The fourth-order valence-corrected chi connectivity index (χ4v) is 4.55. The monoisotopic (exact) mass is 221 g/mol. The molecule has 0 heterocycles. The Labute approximate surface area is 102 Å². The van der Waals surface area contributed by atoms with E-state index in [1.807, 2.05) is 0 Å². The van der Waals surface area contributed by atoms with Gasteiger partial charge in [0, 0.05) is 0 Å².